The van der Waals surface area contributed by atoms with Gasteiger partial charge in [0.25, 0.3) is 0 Å². The molecule has 4 rings (SSSR count). The fourth-order valence-corrected chi connectivity index (χ4v) is 3.85. The summed E-state index contributed by atoms with van der Waals surface area (Å²) in [6, 6.07) is 13.2. The molecule has 2 aromatic carbocycles. The minimum atomic E-state index is 0. The van der Waals surface area contributed by atoms with Gasteiger partial charge in [-0.05, 0) is 25.7 Å². The summed E-state index contributed by atoms with van der Waals surface area (Å²) in [5.41, 5.74) is 1.58. The molecule has 1 fully saturated rings. The van der Waals surface area contributed by atoms with Crippen LogP contribution in [0, 0.1) is 12.3 Å². The van der Waals surface area contributed by atoms with E-state index in [0.29, 0.717) is 0 Å². The van der Waals surface area contributed by atoms with Crippen molar-refractivity contribution in [1.29, 1.82) is 0 Å². The van der Waals surface area contributed by atoms with Crippen LogP contribution in [0.15, 0.2) is 60.2 Å². The Morgan fingerprint density at radius 2 is 2.00 bits per heavy atom. The van der Waals surface area contributed by atoms with E-state index in [2.05, 4.69) is 74.4 Å². The molecule has 112 valence electrons. The molecule has 0 saturated heterocycles. The van der Waals surface area contributed by atoms with E-state index >= 15 is 0 Å². The van der Waals surface area contributed by atoms with Gasteiger partial charge in [0.2, 0.25) is 0 Å². The SMILES string of the molecule is C1=CCC2CC[CH-]C2=C1.CP(C)c1cc2ccccc2[cH-]1.[Ti+2]. The van der Waals surface area contributed by atoms with E-state index in [9.17, 15) is 0 Å². The summed E-state index contributed by atoms with van der Waals surface area (Å²) in [5.74, 6) is 0.884. The van der Waals surface area contributed by atoms with Crippen LogP contribution >= 0.6 is 7.92 Å². The van der Waals surface area contributed by atoms with Gasteiger partial charge in [-0.25, -0.2) is 18.1 Å². The summed E-state index contributed by atoms with van der Waals surface area (Å²) in [6.07, 6.45) is 13.0. The molecule has 0 radical (unpaired) electrons. The number of hydrogen-bond acceptors (Lipinski definition) is 0. The first kappa shape index (κ1) is 17.7. The van der Waals surface area contributed by atoms with Crippen molar-refractivity contribution in [3.8, 4) is 0 Å². The van der Waals surface area contributed by atoms with Gasteiger partial charge in [-0.1, -0.05) is 12.5 Å². The number of rotatable bonds is 1. The van der Waals surface area contributed by atoms with E-state index in [4.69, 9.17) is 0 Å². The van der Waals surface area contributed by atoms with Gasteiger partial charge in [-0.3, -0.25) is 0 Å². The number of benzene rings is 1. The molecule has 1 saturated carbocycles. The smallest absolute Gasteiger partial charge is 0.227 e. The van der Waals surface area contributed by atoms with Gasteiger partial charge in [0.15, 0.2) is 0 Å². The van der Waals surface area contributed by atoms with Crippen LogP contribution in [-0.2, 0) is 21.7 Å². The van der Waals surface area contributed by atoms with Crippen LogP contribution in [-0.4, -0.2) is 13.3 Å². The average molecular weight is 342 g/mol. The summed E-state index contributed by atoms with van der Waals surface area (Å²) < 4.78 is 0. The Morgan fingerprint density at radius 3 is 2.73 bits per heavy atom. The fourth-order valence-electron chi connectivity index (χ4n) is 3.06. The van der Waals surface area contributed by atoms with Crippen LogP contribution in [0.2, 0.25) is 0 Å². The molecular formula is C20H23PTi. The number of fused-ring (bicyclic) bond motifs is 2. The van der Waals surface area contributed by atoms with E-state index in [0.717, 1.165) is 5.92 Å². The molecule has 0 aliphatic heterocycles. The number of allylic oxidation sites excluding steroid dienone is 4. The predicted octanol–water partition coefficient (Wildman–Crippen LogP) is 5.41. The minimum Gasteiger partial charge on any atom is -0.227 e. The van der Waals surface area contributed by atoms with Crippen LogP contribution in [0.3, 0.4) is 0 Å². The van der Waals surface area contributed by atoms with Gasteiger partial charge in [0, 0.05) is 0 Å². The second-order valence-corrected chi connectivity index (χ2v) is 8.35. The maximum Gasteiger partial charge on any atom is 2.00 e. The van der Waals surface area contributed by atoms with Gasteiger partial charge >= 0.3 is 21.7 Å². The van der Waals surface area contributed by atoms with Crippen molar-refractivity contribution in [2.24, 2.45) is 5.92 Å². The second kappa shape index (κ2) is 8.25. The van der Waals surface area contributed by atoms with Gasteiger partial charge < -0.3 is 0 Å². The Morgan fingerprint density at radius 1 is 1.18 bits per heavy atom. The fraction of sp³-hybridized carbons (Fsp3) is 0.300. The summed E-state index contributed by atoms with van der Waals surface area (Å²) >= 11 is 0. The molecule has 0 aromatic heterocycles. The zero-order chi connectivity index (χ0) is 14.7. The third-order valence-electron chi connectivity index (χ3n) is 4.33. The normalized spacial score (nSPS) is 18.9. The Hall–Kier alpha value is -0.676. The quantitative estimate of drug-likeness (QED) is 0.369. The Bertz CT molecular complexity index is 630. The summed E-state index contributed by atoms with van der Waals surface area (Å²) in [5, 5.41) is 4.26. The summed E-state index contributed by atoms with van der Waals surface area (Å²) in [4.78, 5) is 0. The van der Waals surface area contributed by atoms with Crippen molar-refractivity contribution in [3.05, 3.63) is 66.6 Å². The van der Waals surface area contributed by atoms with Gasteiger partial charge in [0.1, 0.15) is 0 Å². The first-order valence-corrected chi connectivity index (χ1v) is 10.0. The largest absolute Gasteiger partial charge is 2.00 e. The van der Waals surface area contributed by atoms with Crippen LogP contribution < -0.4 is 5.30 Å². The van der Waals surface area contributed by atoms with Gasteiger partial charge in [-0.2, -0.15) is 6.07 Å². The van der Waals surface area contributed by atoms with Crippen molar-refractivity contribution in [3.63, 3.8) is 0 Å². The first-order valence-electron chi connectivity index (χ1n) is 7.77. The van der Waals surface area contributed by atoms with Gasteiger partial charge in [-0.15, -0.1) is 66.8 Å². The average Bonchev–Trinajstić information content (AvgIpc) is 3.14. The van der Waals surface area contributed by atoms with Crippen LogP contribution in [0.5, 0.6) is 0 Å². The molecule has 22 heavy (non-hydrogen) atoms. The maximum absolute atomic E-state index is 2.37. The standard InChI is InChI=1S/C11H12P.C9H11.Ti/c1-12(2)11-7-9-5-3-4-6-10(9)8-11;1-2-5-9-7-3-6-8(9)4-1;/h3-8H,1-2H3;1-2,4,6,9H,3,5,7H2;/q2*-1;+2. The molecule has 0 nitrogen and oxygen atoms in total. The topological polar surface area (TPSA) is 0 Å². The van der Waals surface area contributed by atoms with E-state index in [-0.39, 0.29) is 29.6 Å². The van der Waals surface area contributed by atoms with Crippen molar-refractivity contribution in [1.82, 2.24) is 0 Å². The minimum absolute atomic E-state index is 0. The van der Waals surface area contributed by atoms with Crippen LogP contribution in [0.1, 0.15) is 19.3 Å². The van der Waals surface area contributed by atoms with Crippen molar-refractivity contribution < 1.29 is 21.7 Å². The van der Waals surface area contributed by atoms with Crippen molar-refractivity contribution in [2.75, 3.05) is 13.3 Å². The Balaban J connectivity index is 0.000000159. The van der Waals surface area contributed by atoms with E-state index in [1.807, 2.05) is 0 Å². The second-order valence-electron chi connectivity index (χ2n) is 6.05. The predicted molar refractivity (Wildman–Crippen MR) is 96.8 cm³/mol. The zero-order valence-electron chi connectivity index (χ0n) is 13.4. The third kappa shape index (κ3) is 4.20. The molecule has 2 heteroatoms. The molecule has 1 atom stereocenters. The molecule has 0 bridgehead atoms. The van der Waals surface area contributed by atoms with Crippen LogP contribution in [0.4, 0.5) is 0 Å². The Labute approximate surface area is 150 Å². The third-order valence-corrected chi connectivity index (χ3v) is 5.62. The molecule has 0 heterocycles. The molecule has 2 aliphatic rings. The van der Waals surface area contributed by atoms with Crippen molar-refractivity contribution in [2.45, 2.75) is 19.3 Å². The van der Waals surface area contributed by atoms with Crippen LogP contribution in [0.25, 0.3) is 10.8 Å². The van der Waals surface area contributed by atoms with E-state index in [1.165, 1.54) is 35.3 Å². The van der Waals surface area contributed by atoms with E-state index < -0.39 is 0 Å². The Kier molecular flexibility index (Phi) is 6.63. The number of hydrogen-bond donors (Lipinski definition) is 0. The summed E-state index contributed by atoms with van der Waals surface area (Å²) in [6.45, 7) is 4.59. The zero-order valence-corrected chi connectivity index (χ0v) is 15.9. The molecule has 0 amide bonds. The first-order chi connectivity index (χ1) is 10.2. The maximum atomic E-state index is 2.37. The molecule has 2 aliphatic carbocycles. The monoisotopic (exact) mass is 342 g/mol. The summed E-state index contributed by atoms with van der Waals surface area (Å²) in [7, 11) is 0.0576. The molecule has 0 N–H and O–H groups in total. The van der Waals surface area contributed by atoms with Crippen molar-refractivity contribution >= 4 is 24.0 Å². The van der Waals surface area contributed by atoms with E-state index in [1.54, 1.807) is 5.57 Å². The van der Waals surface area contributed by atoms with Gasteiger partial charge in [0.05, 0.1) is 0 Å². The molecular weight excluding hydrogens is 319 g/mol. The molecule has 0 spiro atoms. The molecule has 2 aromatic rings. The molecule has 1 unspecified atom stereocenters.